The van der Waals surface area contributed by atoms with Crippen LogP contribution in [0.25, 0.3) is 0 Å². The van der Waals surface area contributed by atoms with E-state index in [-0.39, 0.29) is 12.5 Å². The highest BCUT2D eigenvalue weighted by molar-refractivity contribution is 5.72. The van der Waals surface area contributed by atoms with Crippen LogP contribution in [0.5, 0.6) is 0 Å². The number of carbonyl (C=O) groups is 1. The van der Waals surface area contributed by atoms with E-state index in [0.29, 0.717) is 0 Å². The maximum Gasteiger partial charge on any atom is 0.219 e. The Balaban J connectivity index is 0. The first-order valence-electron chi connectivity index (χ1n) is 3.46. The minimum Gasteiger partial charge on any atom is -0.343 e. The first-order valence-corrected chi connectivity index (χ1v) is 3.46. The number of hydrogen-bond acceptors (Lipinski definition) is 1. The molecule has 0 aromatic heterocycles. The fraction of sp³-hybridized carbons (Fsp3) is 0.857. The molecule has 0 aromatic rings. The maximum atomic E-state index is 11.4. The van der Waals surface area contributed by atoms with Gasteiger partial charge in [-0.2, -0.15) is 0 Å². The molecule has 0 aliphatic carbocycles. The van der Waals surface area contributed by atoms with Gasteiger partial charge in [0.15, 0.2) is 0 Å². The molecule has 0 heterocycles. The van der Waals surface area contributed by atoms with Crippen molar-refractivity contribution < 1.29 is 9.18 Å². The molecule has 0 rings (SSSR count). The smallest absolute Gasteiger partial charge is 0.219 e. The van der Waals surface area contributed by atoms with Crippen LogP contribution in [-0.2, 0) is 4.79 Å². The summed E-state index contributed by atoms with van der Waals surface area (Å²) in [6, 6.07) is 0. The van der Waals surface area contributed by atoms with Gasteiger partial charge in [0, 0.05) is 20.5 Å². The third kappa shape index (κ3) is 7.40. The van der Waals surface area contributed by atoms with E-state index >= 15 is 0 Å². The van der Waals surface area contributed by atoms with Crippen molar-refractivity contribution in [3.63, 3.8) is 0 Å². The fourth-order valence-electron chi connectivity index (χ4n) is 0.284. The first-order chi connectivity index (χ1) is 4.68. The Morgan fingerprint density at radius 3 is 2.00 bits per heavy atom. The van der Waals surface area contributed by atoms with Gasteiger partial charge in [0.05, 0.1) is 0 Å². The Bertz CT molecular complexity index is 85.7. The van der Waals surface area contributed by atoms with Crippen molar-refractivity contribution in [2.24, 2.45) is 0 Å². The fourth-order valence-corrected chi connectivity index (χ4v) is 0.284. The Hall–Kier alpha value is -0.600. The molecule has 1 amide bonds. The van der Waals surface area contributed by atoms with Crippen LogP contribution < -0.4 is 0 Å². The molecule has 0 radical (unpaired) electrons. The van der Waals surface area contributed by atoms with E-state index in [0.717, 1.165) is 0 Å². The molecule has 10 heavy (non-hydrogen) atoms. The van der Waals surface area contributed by atoms with Crippen molar-refractivity contribution >= 4 is 5.91 Å². The predicted molar refractivity (Wildman–Crippen MR) is 40.6 cm³/mol. The summed E-state index contributed by atoms with van der Waals surface area (Å²) < 4.78 is 11.4. The second-order valence-electron chi connectivity index (χ2n) is 1.63. The highest BCUT2D eigenvalue weighted by atomic mass is 19.1. The molecule has 0 saturated heterocycles. The summed E-state index contributed by atoms with van der Waals surface area (Å²) in [6.45, 7) is 5.15. The zero-order chi connectivity index (χ0) is 8.57. The average molecular weight is 149 g/mol. The summed E-state index contributed by atoms with van der Waals surface area (Å²) in [4.78, 5) is 11.6. The monoisotopic (exact) mass is 149 g/mol. The number of carbonyl (C=O) groups excluding carboxylic acids is 1. The number of amides is 1. The molecule has 0 fully saturated rings. The van der Waals surface area contributed by atoms with Gasteiger partial charge >= 0.3 is 0 Å². The van der Waals surface area contributed by atoms with Gasteiger partial charge in [0.2, 0.25) is 5.91 Å². The predicted octanol–water partition coefficient (Wildman–Crippen LogP) is 1.46. The average Bonchev–Trinajstić information content (AvgIpc) is 1.93. The van der Waals surface area contributed by atoms with Crippen LogP contribution in [0.4, 0.5) is 4.39 Å². The molecular formula is C7H16FNO. The second-order valence-corrected chi connectivity index (χ2v) is 1.63. The van der Waals surface area contributed by atoms with Gasteiger partial charge in [-0.3, -0.25) is 4.79 Å². The van der Waals surface area contributed by atoms with Crippen LogP contribution in [0.3, 0.4) is 0 Å². The third-order valence-corrected chi connectivity index (χ3v) is 0.957. The zero-order valence-electron chi connectivity index (χ0n) is 7.15. The van der Waals surface area contributed by atoms with E-state index in [1.54, 1.807) is 7.05 Å². The summed E-state index contributed by atoms with van der Waals surface area (Å²) in [7, 11) is 1.57. The van der Waals surface area contributed by atoms with Gasteiger partial charge in [-0.05, 0) is 0 Å². The van der Waals surface area contributed by atoms with E-state index in [9.17, 15) is 9.18 Å². The quantitative estimate of drug-likeness (QED) is 0.582. The van der Waals surface area contributed by atoms with E-state index in [1.165, 1.54) is 11.8 Å². The number of alkyl halides is 1. The summed E-state index contributed by atoms with van der Waals surface area (Å²) in [5, 5.41) is 0. The number of nitrogens with zero attached hydrogens (tertiary/aromatic N) is 1. The number of rotatable bonds is 2. The lowest BCUT2D eigenvalue weighted by molar-refractivity contribution is -0.127. The molecule has 2 nitrogen and oxygen atoms in total. The molecule has 0 unspecified atom stereocenters. The molecule has 0 aliphatic rings. The van der Waals surface area contributed by atoms with E-state index < -0.39 is 6.67 Å². The van der Waals surface area contributed by atoms with Crippen LogP contribution in [0.15, 0.2) is 0 Å². The molecule has 0 aromatic carbocycles. The van der Waals surface area contributed by atoms with Crippen molar-refractivity contribution in [3.05, 3.63) is 0 Å². The summed E-state index contributed by atoms with van der Waals surface area (Å²) >= 11 is 0. The van der Waals surface area contributed by atoms with Crippen molar-refractivity contribution in [2.75, 3.05) is 20.3 Å². The van der Waals surface area contributed by atoms with Crippen molar-refractivity contribution in [3.8, 4) is 0 Å². The minimum absolute atomic E-state index is 0.0948. The molecule has 0 N–H and O–H groups in total. The van der Waals surface area contributed by atoms with Crippen molar-refractivity contribution in [1.29, 1.82) is 0 Å². The van der Waals surface area contributed by atoms with Gasteiger partial charge in [-0.1, -0.05) is 13.8 Å². The lowest BCUT2D eigenvalue weighted by Crippen LogP contribution is -2.25. The van der Waals surface area contributed by atoms with E-state index in [1.807, 2.05) is 13.8 Å². The third-order valence-electron chi connectivity index (χ3n) is 0.957. The first kappa shape index (κ1) is 12.1. The molecule has 62 valence electrons. The van der Waals surface area contributed by atoms with Crippen LogP contribution in [0.2, 0.25) is 0 Å². The van der Waals surface area contributed by atoms with Crippen LogP contribution in [0.1, 0.15) is 20.8 Å². The Kier molecular flexibility index (Phi) is 10.2. The Morgan fingerprint density at radius 2 is 1.90 bits per heavy atom. The van der Waals surface area contributed by atoms with Crippen molar-refractivity contribution in [1.82, 2.24) is 4.90 Å². The number of halogens is 1. The Morgan fingerprint density at radius 1 is 1.50 bits per heavy atom. The molecule has 0 saturated carbocycles. The molecular weight excluding hydrogens is 133 g/mol. The molecule has 3 heteroatoms. The van der Waals surface area contributed by atoms with Crippen LogP contribution in [-0.4, -0.2) is 31.1 Å². The zero-order valence-corrected chi connectivity index (χ0v) is 7.15. The van der Waals surface area contributed by atoms with E-state index in [4.69, 9.17) is 0 Å². The standard InChI is InChI=1S/C5H10FNO.C2H6/c1-5(8)7(2)4-3-6;1-2/h3-4H2,1-2H3;1-2H3. The second kappa shape index (κ2) is 8.40. The lowest BCUT2D eigenvalue weighted by atomic mass is 10.5. The van der Waals surface area contributed by atoms with Gasteiger partial charge < -0.3 is 4.90 Å². The SMILES string of the molecule is CC.CC(=O)N(C)CCF. The molecule has 0 aliphatic heterocycles. The summed E-state index contributed by atoms with van der Waals surface area (Å²) in [5.41, 5.74) is 0. The van der Waals surface area contributed by atoms with Gasteiger partial charge in [0.25, 0.3) is 0 Å². The van der Waals surface area contributed by atoms with E-state index in [2.05, 4.69) is 0 Å². The molecule has 0 atom stereocenters. The highest BCUT2D eigenvalue weighted by Gasteiger charge is 1.97. The van der Waals surface area contributed by atoms with Gasteiger partial charge in [0.1, 0.15) is 6.67 Å². The van der Waals surface area contributed by atoms with Crippen LogP contribution >= 0.6 is 0 Å². The molecule has 0 bridgehead atoms. The Labute approximate surface area is 62.0 Å². The largest absolute Gasteiger partial charge is 0.343 e. The van der Waals surface area contributed by atoms with Crippen LogP contribution in [0, 0.1) is 0 Å². The van der Waals surface area contributed by atoms with Crippen molar-refractivity contribution in [2.45, 2.75) is 20.8 Å². The normalized spacial score (nSPS) is 7.70. The lowest BCUT2D eigenvalue weighted by Gasteiger charge is -2.10. The minimum atomic E-state index is -0.462. The van der Waals surface area contributed by atoms with Gasteiger partial charge in [-0.15, -0.1) is 0 Å². The molecule has 0 spiro atoms. The maximum absolute atomic E-state index is 11.4. The summed E-state index contributed by atoms with van der Waals surface area (Å²) in [6.07, 6.45) is 0. The number of hydrogen-bond donors (Lipinski definition) is 0. The topological polar surface area (TPSA) is 20.3 Å². The highest BCUT2D eigenvalue weighted by Crippen LogP contribution is 1.81. The summed E-state index contributed by atoms with van der Waals surface area (Å²) in [5.74, 6) is -0.0948. The van der Waals surface area contributed by atoms with Gasteiger partial charge in [-0.25, -0.2) is 4.39 Å².